The normalized spacial score (nSPS) is 10.9. The molecule has 0 spiro atoms. The molecule has 0 fully saturated rings. The van der Waals surface area contributed by atoms with Gasteiger partial charge in [-0.05, 0) is 47.2 Å². The molecule has 3 aromatic rings. The Hall–Kier alpha value is -3.21. The molecular formula is C23H26N4O. The summed E-state index contributed by atoms with van der Waals surface area (Å²) in [4.78, 5) is 20.6. The van der Waals surface area contributed by atoms with Crippen molar-refractivity contribution in [1.82, 2.24) is 9.97 Å². The second kappa shape index (κ2) is 8.65. The summed E-state index contributed by atoms with van der Waals surface area (Å²) in [5, 5.41) is 6.32. The Kier molecular flexibility index (Phi) is 6.04. The van der Waals surface area contributed by atoms with Crippen LogP contribution in [0.25, 0.3) is 0 Å². The Morgan fingerprint density at radius 3 is 2.14 bits per heavy atom. The van der Waals surface area contributed by atoms with Gasteiger partial charge in [0.25, 0.3) is 5.91 Å². The quantitative estimate of drug-likeness (QED) is 0.579. The standard InChI is InChI=1S/C23H26N4O/c1-15(2)19-8-5-9-20(16(3)4)22(19)26-18-10-11-21(25-14-18)27-23(28)17-7-6-12-24-13-17/h5-16,26H,1-4H3,(H,25,27,28). The van der Waals surface area contributed by atoms with E-state index in [9.17, 15) is 4.79 Å². The highest BCUT2D eigenvalue weighted by molar-refractivity contribution is 6.03. The zero-order valence-electron chi connectivity index (χ0n) is 16.7. The molecule has 144 valence electrons. The Balaban J connectivity index is 1.79. The Morgan fingerprint density at radius 1 is 0.893 bits per heavy atom. The van der Waals surface area contributed by atoms with Crippen molar-refractivity contribution in [3.63, 3.8) is 0 Å². The molecule has 2 aromatic heterocycles. The smallest absolute Gasteiger partial charge is 0.258 e. The molecule has 5 heteroatoms. The minimum atomic E-state index is -0.228. The van der Waals surface area contributed by atoms with Crippen molar-refractivity contribution in [2.45, 2.75) is 39.5 Å². The molecule has 0 radical (unpaired) electrons. The summed E-state index contributed by atoms with van der Waals surface area (Å²) in [6.07, 6.45) is 4.90. The summed E-state index contributed by atoms with van der Waals surface area (Å²) in [6, 6.07) is 13.6. The monoisotopic (exact) mass is 374 g/mol. The van der Waals surface area contributed by atoms with E-state index < -0.39 is 0 Å². The van der Waals surface area contributed by atoms with Crippen molar-refractivity contribution in [2.75, 3.05) is 10.6 Å². The van der Waals surface area contributed by atoms with Crippen LogP contribution in [0.1, 0.15) is 61.0 Å². The molecular weight excluding hydrogens is 348 g/mol. The second-order valence-electron chi connectivity index (χ2n) is 7.37. The first kappa shape index (κ1) is 19.5. The molecule has 5 nitrogen and oxygen atoms in total. The number of pyridine rings is 2. The Labute approximate surface area is 166 Å². The van der Waals surface area contributed by atoms with E-state index in [1.165, 1.54) is 17.3 Å². The van der Waals surface area contributed by atoms with Crippen LogP contribution < -0.4 is 10.6 Å². The van der Waals surface area contributed by atoms with Gasteiger partial charge in [0.05, 0.1) is 17.4 Å². The van der Waals surface area contributed by atoms with Gasteiger partial charge in [-0.3, -0.25) is 9.78 Å². The molecule has 0 saturated carbocycles. The zero-order valence-corrected chi connectivity index (χ0v) is 16.7. The summed E-state index contributed by atoms with van der Waals surface area (Å²) < 4.78 is 0. The number of carbonyl (C=O) groups excluding carboxylic acids is 1. The number of benzene rings is 1. The number of anilines is 3. The number of nitrogens with one attached hydrogen (secondary N) is 2. The first-order valence-corrected chi connectivity index (χ1v) is 9.53. The molecule has 3 rings (SSSR count). The third-order valence-electron chi connectivity index (χ3n) is 4.57. The van der Waals surface area contributed by atoms with Gasteiger partial charge >= 0.3 is 0 Å². The van der Waals surface area contributed by atoms with Crippen LogP contribution in [0.4, 0.5) is 17.2 Å². The molecule has 0 unspecified atom stereocenters. The maximum absolute atomic E-state index is 12.2. The highest BCUT2D eigenvalue weighted by atomic mass is 16.1. The molecule has 0 bridgehead atoms. The van der Waals surface area contributed by atoms with Gasteiger partial charge in [-0.1, -0.05) is 45.9 Å². The van der Waals surface area contributed by atoms with Crippen molar-refractivity contribution in [1.29, 1.82) is 0 Å². The van der Waals surface area contributed by atoms with Crippen LogP contribution in [0.3, 0.4) is 0 Å². The fraction of sp³-hybridized carbons (Fsp3) is 0.261. The fourth-order valence-corrected chi connectivity index (χ4v) is 3.07. The minimum Gasteiger partial charge on any atom is -0.354 e. The number of aromatic nitrogens is 2. The van der Waals surface area contributed by atoms with Crippen LogP contribution in [-0.2, 0) is 0 Å². The molecule has 0 aliphatic rings. The van der Waals surface area contributed by atoms with Crippen molar-refractivity contribution >= 4 is 23.1 Å². The molecule has 0 atom stereocenters. The van der Waals surface area contributed by atoms with Crippen LogP contribution in [0.5, 0.6) is 0 Å². The van der Waals surface area contributed by atoms with E-state index in [-0.39, 0.29) is 5.91 Å². The van der Waals surface area contributed by atoms with Crippen molar-refractivity contribution in [2.24, 2.45) is 0 Å². The van der Waals surface area contributed by atoms with Gasteiger partial charge in [-0.25, -0.2) is 4.98 Å². The Bertz CT molecular complexity index is 908. The van der Waals surface area contributed by atoms with Crippen molar-refractivity contribution in [3.8, 4) is 0 Å². The van der Waals surface area contributed by atoms with E-state index in [0.717, 1.165) is 11.4 Å². The van der Waals surface area contributed by atoms with Crippen LogP contribution in [0.15, 0.2) is 61.1 Å². The minimum absolute atomic E-state index is 0.228. The topological polar surface area (TPSA) is 66.9 Å². The van der Waals surface area contributed by atoms with Gasteiger partial charge in [0.2, 0.25) is 0 Å². The number of rotatable bonds is 6. The number of para-hydroxylation sites is 1. The summed E-state index contributed by atoms with van der Waals surface area (Å²) in [6.45, 7) is 8.78. The lowest BCUT2D eigenvalue weighted by molar-refractivity contribution is 0.102. The number of amides is 1. The van der Waals surface area contributed by atoms with Gasteiger partial charge in [-0.15, -0.1) is 0 Å². The van der Waals surface area contributed by atoms with E-state index in [2.05, 4.69) is 66.5 Å². The molecule has 0 saturated heterocycles. The fourth-order valence-electron chi connectivity index (χ4n) is 3.07. The van der Waals surface area contributed by atoms with E-state index >= 15 is 0 Å². The van der Waals surface area contributed by atoms with E-state index in [1.807, 2.05) is 6.07 Å². The molecule has 1 aromatic carbocycles. The molecule has 1 amide bonds. The summed E-state index contributed by atoms with van der Waals surface area (Å²) in [7, 11) is 0. The first-order chi connectivity index (χ1) is 13.5. The maximum Gasteiger partial charge on any atom is 0.258 e. The number of hydrogen-bond acceptors (Lipinski definition) is 4. The maximum atomic E-state index is 12.2. The van der Waals surface area contributed by atoms with Crippen molar-refractivity contribution in [3.05, 3.63) is 77.7 Å². The van der Waals surface area contributed by atoms with Gasteiger partial charge in [0, 0.05) is 18.1 Å². The highest BCUT2D eigenvalue weighted by Crippen LogP contribution is 2.34. The zero-order chi connectivity index (χ0) is 20.1. The van der Waals surface area contributed by atoms with Gasteiger partial charge in [0.1, 0.15) is 5.82 Å². The van der Waals surface area contributed by atoms with Crippen molar-refractivity contribution < 1.29 is 4.79 Å². The lowest BCUT2D eigenvalue weighted by atomic mass is 9.92. The second-order valence-corrected chi connectivity index (χ2v) is 7.37. The highest BCUT2D eigenvalue weighted by Gasteiger charge is 2.14. The lowest BCUT2D eigenvalue weighted by Gasteiger charge is -2.21. The molecule has 0 aliphatic carbocycles. The van der Waals surface area contributed by atoms with Crippen LogP contribution >= 0.6 is 0 Å². The number of nitrogens with zero attached hydrogens (tertiary/aromatic N) is 2. The SMILES string of the molecule is CC(C)c1cccc(C(C)C)c1Nc1ccc(NC(=O)c2cccnc2)nc1. The average Bonchev–Trinajstić information content (AvgIpc) is 2.70. The van der Waals surface area contributed by atoms with Gasteiger partial charge in [-0.2, -0.15) is 0 Å². The molecule has 0 aliphatic heterocycles. The third kappa shape index (κ3) is 4.55. The van der Waals surface area contributed by atoms with Crippen LogP contribution in [-0.4, -0.2) is 15.9 Å². The van der Waals surface area contributed by atoms with Crippen LogP contribution in [0, 0.1) is 0 Å². The summed E-state index contributed by atoms with van der Waals surface area (Å²) >= 11 is 0. The summed E-state index contributed by atoms with van der Waals surface area (Å²) in [5.74, 6) is 1.09. The predicted molar refractivity (Wildman–Crippen MR) is 114 cm³/mol. The van der Waals surface area contributed by atoms with E-state index in [4.69, 9.17) is 0 Å². The number of hydrogen-bond donors (Lipinski definition) is 2. The van der Waals surface area contributed by atoms with E-state index in [0.29, 0.717) is 23.2 Å². The average molecular weight is 374 g/mol. The number of carbonyl (C=O) groups is 1. The molecule has 2 N–H and O–H groups in total. The largest absolute Gasteiger partial charge is 0.354 e. The van der Waals surface area contributed by atoms with E-state index in [1.54, 1.807) is 30.6 Å². The van der Waals surface area contributed by atoms with Gasteiger partial charge < -0.3 is 10.6 Å². The first-order valence-electron chi connectivity index (χ1n) is 9.53. The Morgan fingerprint density at radius 2 is 1.61 bits per heavy atom. The molecule has 28 heavy (non-hydrogen) atoms. The lowest BCUT2D eigenvalue weighted by Crippen LogP contribution is -2.13. The summed E-state index contributed by atoms with van der Waals surface area (Å²) in [5.41, 5.74) is 5.08. The van der Waals surface area contributed by atoms with Crippen LogP contribution in [0.2, 0.25) is 0 Å². The third-order valence-corrected chi connectivity index (χ3v) is 4.57. The van der Waals surface area contributed by atoms with Gasteiger partial charge in [0.15, 0.2) is 0 Å². The molecule has 2 heterocycles. The predicted octanol–water partition coefficient (Wildman–Crippen LogP) is 5.72.